The van der Waals surface area contributed by atoms with E-state index < -0.39 is 0 Å². The van der Waals surface area contributed by atoms with Crippen LogP contribution in [-0.4, -0.2) is 47.2 Å². The highest BCUT2D eigenvalue weighted by molar-refractivity contribution is 14.1. The molecule has 1 aliphatic rings. The van der Waals surface area contributed by atoms with Gasteiger partial charge in [0.05, 0.1) is 5.69 Å². The van der Waals surface area contributed by atoms with Crippen LogP contribution in [0.5, 0.6) is 0 Å². The number of benzene rings is 1. The zero-order valence-electron chi connectivity index (χ0n) is 12.4. The zero-order chi connectivity index (χ0) is 15.5. The summed E-state index contributed by atoms with van der Waals surface area (Å²) in [6, 6.07) is 11.7. The Morgan fingerprint density at radius 2 is 1.68 bits per heavy atom. The number of amides is 1. The van der Waals surface area contributed by atoms with E-state index in [-0.39, 0.29) is 5.91 Å². The second-order valence-corrected chi connectivity index (χ2v) is 6.56. The largest absolute Gasteiger partial charge is 0.352 e. The number of rotatable bonds is 2. The Hall–Kier alpha value is -1.70. The fraction of sp³-hybridized carbons (Fsp3) is 0.312. The van der Waals surface area contributed by atoms with Crippen molar-refractivity contribution in [3.63, 3.8) is 0 Å². The minimum absolute atomic E-state index is 0.103. The van der Waals surface area contributed by atoms with Crippen LogP contribution in [0.15, 0.2) is 36.4 Å². The van der Waals surface area contributed by atoms with Crippen molar-refractivity contribution >= 4 is 34.3 Å². The van der Waals surface area contributed by atoms with Crippen LogP contribution in [0.3, 0.4) is 0 Å². The Morgan fingerprint density at radius 3 is 2.27 bits per heavy atom. The number of aromatic nitrogens is 2. The van der Waals surface area contributed by atoms with Crippen LogP contribution in [0.4, 0.5) is 5.82 Å². The van der Waals surface area contributed by atoms with E-state index in [1.807, 2.05) is 48.2 Å². The van der Waals surface area contributed by atoms with Gasteiger partial charge in [0, 0.05) is 35.3 Å². The first-order chi connectivity index (χ1) is 10.6. The maximum atomic E-state index is 12.5. The van der Waals surface area contributed by atoms with Crippen LogP contribution < -0.4 is 4.90 Å². The molecule has 114 valence electrons. The van der Waals surface area contributed by atoms with E-state index >= 15 is 0 Å². The summed E-state index contributed by atoms with van der Waals surface area (Å²) in [6.45, 7) is 4.91. The topological polar surface area (TPSA) is 49.3 Å². The van der Waals surface area contributed by atoms with Gasteiger partial charge in [0.25, 0.3) is 5.91 Å². The van der Waals surface area contributed by atoms with Crippen molar-refractivity contribution in [2.24, 2.45) is 0 Å². The first-order valence-corrected chi connectivity index (χ1v) is 8.31. The van der Waals surface area contributed by atoms with E-state index in [9.17, 15) is 4.79 Å². The van der Waals surface area contributed by atoms with Crippen molar-refractivity contribution in [3.8, 4) is 0 Å². The van der Waals surface area contributed by atoms with E-state index in [2.05, 4.69) is 37.7 Å². The molecule has 1 amide bonds. The summed E-state index contributed by atoms with van der Waals surface area (Å²) in [4.78, 5) is 16.5. The molecule has 0 saturated carbocycles. The summed E-state index contributed by atoms with van der Waals surface area (Å²) < 4.78 is 1.14. The Labute approximate surface area is 143 Å². The highest BCUT2D eigenvalue weighted by Crippen LogP contribution is 2.15. The lowest BCUT2D eigenvalue weighted by Gasteiger charge is -2.35. The Morgan fingerprint density at radius 1 is 1.00 bits per heavy atom. The standard InChI is InChI=1S/C16H17IN4O/c1-12-2-7-15(19-18-12)20-8-10-21(11-9-20)16(22)13-3-5-14(17)6-4-13/h2-7H,8-11H2,1H3. The average molecular weight is 408 g/mol. The first-order valence-electron chi connectivity index (χ1n) is 7.23. The molecule has 3 rings (SSSR count). The number of hydrogen-bond donors (Lipinski definition) is 0. The molecule has 0 atom stereocenters. The third-order valence-electron chi connectivity index (χ3n) is 3.77. The maximum absolute atomic E-state index is 12.5. The number of hydrogen-bond acceptors (Lipinski definition) is 4. The van der Waals surface area contributed by atoms with Crippen molar-refractivity contribution in [1.82, 2.24) is 15.1 Å². The smallest absolute Gasteiger partial charge is 0.253 e. The molecule has 1 saturated heterocycles. The number of carbonyl (C=O) groups is 1. The summed E-state index contributed by atoms with van der Waals surface area (Å²) >= 11 is 2.24. The maximum Gasteiger partial charge on any atom is 0.253 e. The molecule has 5 nitrogen and oxygen atoms in total. The monoisotopic (exact) mass is 408 g/mol. The molecule has 6 heteroatoms. The molecule has 2 heterocycles. The third kappa shape index (κ3) is 3.37. The van der Waals surface area contributed by atoms with Gasteiger partial charge < -0.3 is 9.80 Å². The van der Waals surface area contributed by atoms with E-state index in [1.54, 1.807) is 0 Å². The number of anilines is 1. The highest BCUT2D eigenvalue weighted by atomic mass is 127. The van der Waals surface area contributed by atoms with Gasteiger partial charge in [-0.25, -0.2) is 0 Å². The lowest BCUT2D eigenvalue weighted by molar-refractivity contribution is 0.0746. The first kappa shape index (κ1) is 15.2. The highest BCUT2D eigenvalue weighted by Gasteiger charge is 2.22. The van der Waals surface area contributed by atoms with Crippen molar-refractivity contribution in [2.75, 3.05) is 31.1 Å². The molecule has 1 fully saturated rings. The van der Waals surface area contributed by atoms with Crippen LogP contribution in [0, 0.1) is 10.5 Å². The molecule has 2 aromatic rings. The minimum atomic E-state index is 0.103. The summed E-state index contributed by atoms with van der Waals surface area (Å²) in [5.41, 5.74) is 1.67. The average Bonchev–Trinajstić information content (AvgIpc) is 2.56. The van der Waals surface area contributed by atoms with E-state index in [4.69, 9.17) is 0 Å². The number of aryl methyl sites for hydroxylation is 1. The molecule has 1 aromatic carbocycles. The zero-order valence-corrected chi connectivity index (χ0v) is 14.5. The Balaban J connectivity index is 1.62. The van der Waals surface area contributed by atoms with Gasteiger partial charge in [0.2, 0.25) is 0 Å². The molecule has 0 aliphatic carbocycles. The number of nitrogens with zero attached hydrogens (tertiary/aromatic N) is 4. The van der Waals surface area contributed by atoms with Crippen molar-refractivity contribution < 1.29 is 4.79 Å². The predicted molar refractivity (Wildman–Crippen MR) is 94.0 cm³/mol. The van der Waals surface area contributed by atoms with Crippen LogP contribution >= 0.6 is 22.6 Å². The van der Waals surface area contributed by atoms with Gasteiger partial charge in [0.15, 0.2) is 5.82 Å². The molecule has 22 heavy (non-hydrogen) atoms. The van der Waals surface area contributed by atoms with Gasteiger partial charge in [-0.3, -0.25) is 4.79 Å². The van der Waals surface area contributed by atoms with Crippen LogP contribution in [0.25, 0.3) is 0 Å². The number of carbonyl (C=O) groups excluding carboxylic acids is 1. The van der Waals surface area contributed by atoms with Crippen LogP contribution in [-0.2, 0) is 0 Å². The van der Waals surface area contributed by atoms with Gasteiger partial charge in [-0.15, -0.1) is 5.10 Å². The summed E-state index contributed by atoms with van der Waals surface area (Å²) in [5, 5.41) is 8.30. The fourth-order valence-corrected chi connectivity index (χ4v) is 2.83. The predicted octanol–water partition coefficient (Wildman–Crippen LogP) is 2.35. The molecule has 0 N–H and O–H groups in total. The Bertz CT molecular complexity index is 649. The molecule has 1 aliphatic heterocycles. The van der Waals surface area contributed by atoms with E-state index in [0.717, 1.165) is 33.7 Å². The lowest BCUT2D eigenvalue weighted by atomic mass is 10.2. The van der Waals surface area contributed by atoms with Gasteiger partial charge in [-0.1, -0.05) is 0 Å². The quantitative estimate of drug-likeness (QED) is 0.717. The second-order valence-electron chi connectivity index (χ2n) is 5.32. The third-order valence-corrected chi connectivity index (χ3v) is 4.49. The normalized spacial score (nSPS) is 15.0. The van der Waals surface area contributed by atoms with E-state index in [0.29, 0.717) is 13.1 Å². The molecule has 1 aromatic heterocycles. The van der Waals surface area contributed by atoms with Crippen molar-refractivity contribution in [3.05, 3.63) is 51.2 Å². The molecular formula is C16H17IN4O. The fourth-order valence-electron chi connectivity index (χ4n) is 2.47. The van der Waals surface area contributed by atoms with Gasteiger partial charge in [-0.2, -0.15) is 5.10 Å². The number of halogens is 1. The lowest BCUT2D eigenvalue weighted by Crippen LogP contribution is -2.49. The molecular weight excluding hydrogens is 391 g/mol. The van der Waals surface area contributed by atoms with Crippen LogP contribution in [0.2, 0.25) is 0 Å². The van der Waals surface area contributed by atoms with Gasteiger partial charge >= 0.3 is 0 Å². The molecule has 0 spiro atoms. The summed E-state index contributed by atoms with van der Waals surface area (Å²) in [6.07, 6.45) is 0. The van der Waals surface area contributed by atoms with Crippen molar-refractivity contribution in [2.45, 2.75) is 6.92 Å². The molecule has 0 unspecified atom stereocenters. The van der Waals surface area contributed by atoms with Crippen LogP contribution in [0.1, 0.15) is 16.1 Å². The van der Waals surface area contributed by atoms with Gasteiger partial charge in [0.1, 0.15) is 0 Å². The molecule has 0 bridgehead atoms. The van der Waals surface area contributed by atoms with E-state index in [1.165, 1.54) is 0 Å². The summed E-state index contributed by atoms with van der Waals surface area (Å²) in [7, 11) is 0. The van der Waals surface area contributed by atoms with Crippen molar-refractivity contribution in [1.29, 1.82) is 0 Å². The number of piperazine rings is 1. The minimum Gasteiger partial charge on any atom is -0.352 e. The summed E-state index contributed by atoms with van der Waals surface area (Å²) in [5.74, 6) is 0.984. The van der Waals surface area contributed by atoms with Gasteiger partial charge in [-0.05, 0) is 65.9 Å². The molecule has 0 radical (unpaired) electrons. The SMILES string of the molecule is Cc1ccc(N2CCN(C(=O)c3ccc(I)cc3)CC2)nn1. The Kier molecular flexibility index (Phi) is 4.56. The second kappa shape index (κ2) is 6.60.